The maximum absolute atomic E-state index is 12.4. The van der Waals surface area contributed by atoms with Gasteiger partial charge in [0.05, 0.1) is 6.42 Å². The molecule has 0 aliphatic rings. The van der Waals surface area contributed by atoms with Gasteiger partial charge in [-0.1, -0.05) is 17.3 Å². The van der Waals surface area contributed by atoms with Crippen LogP contribution in [0.15, 0.2) is 40.9 Å². The third kappa shape index (κ3) is 3.25. The van der Waals surface area contributed by atoms with E-state index in [1.807, 2.05) is 69.2 Å². The quantitative estimate of drug-likeness (QED) is 0.795. The van der Waals surface area contributed by atoms with E-state index in [0.717, 1.165) is 33.5 Å². The van der Waals surface area contributed by atoms with Crippen LogP contribution in [0.1, 0.15) is 16.8 Å². The predicted octanol–water partition coefficient (Wildman–Crippen LogP) is 3.69. The number of carbonyl (C=O) groups is 1. The van der Waals surface area contributed by atoms with Crippen molar-refractivity contribution in [3.8, 4) is 0 Å². The molecule has 0 aliphatic heterocycles. The van der Waals surface area contributed by atoms with Crippen LogP contribution in [0.25, 0.3) is 11.0 Å². The van der Waals surface area contributed by atoms with Gasteiger partial charge in [0.1, 0.15) is 5.69 Å². The highest BCUT2D eigenvalue weighted by molar-refractivity contribution is 5.95. The molecule has 5 heteroatoms. The number of fused-ring (bicyclic) bond motifs is 1. The van der Waals surface area contributed by atoms with Crippen molar-refractivity contribution in [2.24, 2.45) is 0 Å². The molecule has 2 aromatic carbocycles. The van der Waals surface area contributed by atoms with Gasteiger partial charge in [-0.2, -0.15) is 0 Å². The highest BCUT2D eigenvalue weighted by atomic mass is 16.5. The summed E-state index contributed by atoms with van der Waals surface area (Å²) in [6.07, 6.45) is 0.183. The number of hydrogen-bond acceptors (Lipinski definition) is 4. The molecule has 3 rings (SSSR count). The van der Waals surface area contributed by atoms with Gasteiger partial charge >= 0.3 is 0 Å². The zero-order chi connectivity index (χ0) is 17.3. The van der Waals surface area contributed by atoms with E-state index >= 15 is 0 Å². The smallest absolute Gasteiger partial charge is 0.230 e. The largest absolute Gasteiger partial charge is 0.378 e. The van der Waals surface area contributed by atoms with E-state index in [1.165, 1.54) is 0 Å². The van der Waals surface area contributed by atoms with Gasteiger partial charge in [0.2, 0.25) is 5.91 Å². The van der Waals surface area contributed by atoms with Crippen molar-refractivity contribution in [2.75, 3.05) is 24.3 Å². The summed E-state index contributed by atoms with van der Waals surface area (Å²) in [6, 6.07) is 11.8. The lowest BCUT2D eigenvalue weighted by Gasteiger charge is -2.13. The third-order valence-electron chi connectivity index (χ3n) is 3.95. The van der Waals surface area contributed by atoms with Crippen molar-refractivity contribution in [1.82, 2.24) is 5.16 Å². The number of anilines is 2. The summed E-state index contributed by atoms with van der Waals surface area (Å²) in [4.78, 5) is 14.4. The molecule has 0 atom stereocenters. The number of nitrogens with one attached hydrogen (secondary N) is 1. The zero-order valence-electron chi connectivity index (χ0n) is 14.4. The molecule has 0 radical (unpaired) electrons. The van der Waals surface area contributed by atoms with Crippen LogP contribution in [0, 0.1) is 13.8 Å². The summed E-state index contributed by atoms with van der Waals surface area (Å²) >= 11 is 0. The van der Waals surface area contributed by atoms with Crippen LogP contribution in [-0.2, 0) is 11.2 Å². The van der Waals surface area contributed by atoms with E-state index in [1.54, 1.807) is 0 Å². The molecular weight excluding hydrogens is 302 g/mol. The van der Waals surface area contributed by atoms with Crippen LogP contribution in [0.5, 0.6) is 0 Å². The molecule has 124 valence electrons. The molecule has 0 unspecified atom stereocenters. The van der Waals surface area contributed by atoms with Crippen LogP contribution in [-0.4, -0.2) is 25.2 Å². The SMILES string of the molecule is Cc1cc(C)c2onc(CC(=O)Nc3cccc(N(C)C)c3)c2c1. The number of rotatable bonds is 4. The lowest BCUT2D eigenvalue weighted by atomic mass is 10.1. The number of benzene rings is 2. The first-order valence-electron chi connectivity index (χ1n) is 7.87. The molecule has 1 heterocycles. The number of carbonyl (C=O) groups excluding carboxylic acids is 1. The molecule has 24 heavy (non-hydrogen) atoms. The fourth-order valence-electron chi connectivity index (χ4n) is 2.79. The maximum atomic E-state index is 12.4. The van der Waals surface area contributed by atoms with Crippen molar-refractivity contribution in [3.63, 3.8) is 0 Å². The fourth-order valence-corrected chi connectivity index (χ4v) is 2.79. The minimum absolute atomic E-state index is 0.111. The van der Waals surface area contributed by atoms with Gasteiger partial charge in [0, 0.05) is 30.9 Å². The molecule has 1 amide bonds. The van der Waals surface area contributed by atoms with Crippen molar-refractivity contribution in [3.05, 3.63) is 53.2 Å². The minimum Gasteiger partial charge on any atom is -0.378 e. The zero-order valence-corrected chi connectivity index (χ0v) is 14.4. The minimum atomic E-state index is -0.111. The first-order chi connectivity index (χ1) is 11.4. The second kappa shape index (κ2) is 6.35. The molecule has 0 fully saturated rings. The van der Waals surface area contributed by atoms with Gasteiger partial charge in [-0.15, -0.1) is 0 Å². The van der Waals surface area contributed by atoms with Crippen LogP contribution >= 0.6 is 0 Å². The highest BCUT2D eigenvalue weighted by Gasteiger charge is 2.14. The Bertz CT molecular complexity index is 897. The van der Waals surface area contributed by atoms with E-state index in [-0.39, 0.29) is 12.3 Å². The van der Waals surface area contributed by atoms with Crippen LogP contribution < -0.4 is 10.2 Å². The summed E-state index contributed by atoms with van der Waals surface area (Å²) in [5, 5.41) is 7.91. The summed E-state index contributed by atoms with van der Waals surface area (Å²) in [5.41, 5.74) is 5.37. The molecule has 0 spiro atoms. The van der Waals surface area contributed by atoms with Crippen LogP contribution in [0.3, 0.4) is 0 Å². The molecular formula is C19H21N3O2. The second-order valence-electron chi connectivity index (χ2n) is 6.26. The van der Waals surface area contributed by atoms with E-state index in [0.29, 0.717) is 5.69 Å². The summed E-state index contributed by atoms with van der Waals surface area (Å²) in [5.74, 6) is -0.111. The molecule has 0 saturated carbocycles. The van der Waals surface area contributed by atoms with E-state index in [4.69, 9.17) is 4.52 Å². The summed E-state index contributed by atoms with van der Waals surface area (Å²) < 4.78 is 5.40. The van der Waals surface area contributed by atoms with Gasteiger partial charge in [-0.25, -0.2) is 0 Å². The van der Waals surface area contributed by atoms with E-state index < -0.39 is 0 Å². The lowest BCUT2D eigenvalue weighted by Crippen LogP contribution is -2.15. The Hall–Kier alpha value is -2.82. The number of aromatic nitrogens is 1. The average molecular weight is 323 g/mol. The fraction of sp³-hybridized carbons (Fsp3) is 0.263. The van der Waals surface area contributed by atoms with Crippen molar-refractivity contribution >= 4 is 28.3 Å². The monoisotopic (exact) mass is 323 g/mol. The van der Waals surface area contributed by atoms with E-state index in [9.17, 15) is 4.79 Å². The molecule has 1 aromatic heterocycles. The van der Waals surface area contributed by atoms with Crippen molar-refractivity contribution in [2.45, 2.75) is 20.3 Å². The molecule has 0 saturated heterocycles. The Morgan fingerprint density at radius 2 is 2.00 bits per heavy atom. The van der Waals surface area contributed by atoms with E-state index in [2.05, 4.69) is 10.5 Å². The third-order valence-corrected chi connectivity index (χ3v) is 3.95. The van der Waals surface area contributed by atoms with Gasteiger partial charge < -0.3 is 14.7 Å². The molecule has 1 N–H and O–H groups in total. The molecule has 5 nitrogen and oxygen atoms in total. The Labute approximate surface area is 141 Å². The van der Waals surface area contributed by atoms with Gasteiger partial charge in [0.15, 0.2) is 5.58 Å². The molecule has 0 bridgehead atoms. The average Bonchev–Trinajstić information content (AvgIpc) is 2.90. The number of nitrogens with zero attached hydrogens (tertiary/aromatic N) is 2. The number of amides is 1. The van der Waals surface area contributed by atoms with Crippen LogP contribution in [0.2, 0.25) is 0 Å². The Morgan fingerprint density at radius 3 is 2.75 bits per heavy atom. The normalized spacial score (nSPS) is 10.8. The summed E-state index contributed by atoms with van der Waals surface area (Å²) in [6.45, 7) is 4.01. The Balaban J connectivity index is 1.79. The number of hydrogen-bond donors (Lipinski definition) is 1. The van der Waals surface area contributed by atoms with Crippen LogP contribution in [0.4, 0.5) is 11.4 Å². The maximum Gasteiger partial charge on any atom is 0.230 e. The molecule has 0 aliphatic carbocycles. The first-order valence-corrected chi connectivity index (χ1v) is 7.87. The Morgan fingerprint density at radius 1 is 1.21 bits per heavy atom. The van der Waals surface area contributed by atoms with Crippen molar-refractivity contribution < 1.29 is 9.32 Å². The van der Waals surface area contributed by atoms with Gasteiger partial charge in [-0.05, 0) is 49.2 Å². The predicted molar refractivity (Wildman–Crippen MR) is 96.6 cm³/mol. The van der Waals surface area contributed by atoms with Crippen molar-refractivity contribution in [1.29, 1.82) is 0 Å². The Kier molecular flexibility index (Phi) is 4.25. The van der Waals surface area contributed by atoms with Gasteiger partial charge in [-0.3, -0.25) is 4.79 Å². The highest BCUT2D eigenvalue weighted by Crippen LogP contribution is 2.24. The summed E-state index contributed by atoms with van der Waals surface area (Å²) in [7, 11) is 3.93. The van der Waals surface area contributed by atoms with Gasteiger partial charge in [0.25, 0.3) is 0 Å². The molecule has 3 aromatic rings. The standard InChI is InChI=1S/C19H21N3O2/c1-12-8-13(2)19-16(9-12)17(21-24-19)11-18(23)20-14-6-5-7-15(10-14)22(3)4/h5-10H,11H2,1-4H3,(H,20,23). The lowest BCUT2D eigenvalue weighted by molar-refractivity contribution is -0.115. The topological polar surface area (TPSA) is 58.4 Å². The second-order valence-corrected chi connectivity index (χ2v) is 6.26. The number of aryl methyl sites for hydroxylation is 2. The first kappa shape index (κ1) is 16.1.